The fraction of sp³-hybridized carbons (Fsp3) is 0.588. The Labute approximate surface area is 140 Å². The molecule has 0 saturated heterocycles. The van der Waals surface area contributed by atoms with Crippen LogP contribution >= 0.6 is 12.4 Å². The van der Waals surface area contributed by atoms with Gasteiger partial charge in [0.2, 0.25) is 0 Å². The molecule has 0 fully saturated rings. The van der Waals surface area contributed by atoms with Crippen molar-refractivity contribution in [1.29, 1.82) is 0 Å². The van der Waals surface area contributed by atoms with Crippen LogP contribution in [0.1, 0.15) is 50.5 Å². The van der Waals surface area contributed by atoms with Crippen LogP contribution in [0.5, 0.6) is 0 Å². The molecule has 0 bridgehead atoms. The molecule has 1 aromatic carbocycles. The summed E-state index contributed by atoms with van der Waals surface area (Å²) in [7, 11) is 0. The lowest BCUT2D eigenvalue weighted by Crippen LogP contribution is -2.25. The van der Waals surface area contributed by atoms with Gasteiger partial charge in [0.15, 0.2) is 0 Å². The molecule has 5 heteroatoms. The second kappa shape index (κ2) is 14.7. The third kappa shape index (κ3) is 11.4. The van der Waals surface area contributed by atoms with Gasteiger partial charge in [0, 0.05) is 6.54 Å². The highest BCUT2D eigenvalue weighted by Gasteiger charge is 2.01. The van der Waals surface area contributed by atoms with Crippen LogP contribution in [0.3, 0.4) is 0 Å². The zero-order chi connectivity index (χ0) is 15.2. The van der Waals surface area contributed by atoms with Gasteiger partial charge in [0.25, 0.3) is 0 Å². The number of halogens is 1. The minimum atomic E-state index is -0.332. The van der Waals surface area contributed by atoms with Crippen molar-refractivity contribution in [2.75, 3.05) is 13.1 Å². The number of nitrogens with one attached hydrogen (secondary N) is 1. The lowest BCUT2D eigenvalue weighted by Gasteiger charge is -2.07. The molecule has 0 aromatic heterocycles. The standard InChI is InChI=1S/C17H28N2O2.ClH/c18-13-9-4-2-1-3-5-10-14-19-17(20)21-15-16-11-7-6-8-12-16;/h6-8,11-12H,1-5,9-10,13-15,18H2,(H,19,20);1H. The van der Waals surface area contributed by atoms with Crippen LogP contribution in [0.2, 0.25) is 0 Å². The van der Waals surface area contributed by atoms with E-state index in [-0.39, 0.29) is 18.5 Å². The van der Waals surface area contributed by atoms with Gasteiger partial charge in [-0.3, -0.25) is 0 Å². The van der Waals surface area contributed by atoms with E-state index in [0.29, 0.717) is 13.2 Å². The van der Waals surface area contributed by atoms with Crippen molar-refractivity contribution in [3.63, 3.8) is 0 Å². The number of benzene rings is 1. The van der Waals surface area contributed by atoms with E-state index >= 15 is 0 Å². The highest BCUT2D eigenvalue weighted by molar-refractivity contribution is 5.85. The lowest BCUT2D eigenvalue weighted by atomic mass is 10.1. The summed E-state index contributed by atoms with van der Waals surface area (Å²) in [5.74, 6) is 0. The molecular weight excluding hydrogens is 300 g/mol. The Balaban J connectivity index is 0.00000441. The second-order valence-electron chi connectivity index (χ2n) is 5.25. The van der Waals surface area contributed by atoms with Crippen LogP contribution < -0.4 is 11.1 Å². The molecule has 126 valence electrons. The van der Waals surface area contributed by atoms with Gasteiger partial charge in [-0.2, -0.15) is 0 Å². The maximum absolute atomic E-state index is 11.5. The van der Waals surface area contributed by atoms with Crippen LogP contribution in [0, 0.1) is 0 Å². The van der Waals surface area contributed by atoms with Gasteiger partial charge in [0.05, 0.1) is 0 Å². The predicted molar refractivity (Wildman–Crippen MR) is 93.3 cm³/mol. The molecule has 1 rings (SSSR count). The molecule has 0 atom stereocenters. The molecule has 0 heterocycles. The maximum Gasteiger partial charge on any atom is 0.407 e. The minimum Gasteiger partial charge on any atom is -0.445 e. The monoisotopic (exact) mass is 328 g/mol. The van der Waals surface area contributed by atoms with Crippen molar-refractivity contribution in [3.05, 3.63) is 35.9 Å². The van der Waals surface area contributed by atoms with E-state index in [0.717, 1.165) is 31.4 Å². The summed E-state index contributed by atoms with van der Waals surface area (Å²) in [5.41, 5.74) is 6.45. The first-order valence-electron chi connectivity index (χ1n) is 7.97. The summed E-state index contributed by atoms with van der Waals surface area (Å²) in [5, 5.41) is 2.79. The van der Waals surface area contributed by atoms with Crippen molar-refractivity contribution >= 4 is 18.5 Å². The average Bonchev–Trinajstić information content (AvgIpc) is 2.52. The Bertz CT molecular complexity index is 374. The van der Waals surface area contributed by atoms with Gasteiger partial charge in [0.1, 0.15) is 6.61 Å². The average molecular weight is 329 g/mol. The SMILES string of the molecule is Cl.NCCCCCCCCCNC(=O)OCc1ccccc1. The molecular formula is C17H29ClN2O2. The fourth-order valence-corrected chi connectivity index (χ4v) is 2.12. The van der Waals surface area contributed by atoms with E-state index in [2.05, 4.69) is 5.32 Å². The minimum absolute atomic E-state index is 0. The van der Waals surface area contributed by atoms with E-state index in [9.17, 15) is 4.79 Å². The Morgan fingerprint density at radius 3 is 2.18 bits per heavy atom. The zero-order valence-corrected chi connectivity index (χ0v) is 14.1. The predicted octanol–water partition coefficient (Wildman–Crippen LogP) is 4.02. The molecule has 0 aliphatic rings. The summed E-state index contributed by atoms with van der Waals surface area (Å²) < 4.78 is 5.14. The van der Waals surface area contributed by atoms with E-state index in [4.69, 9.17) is 10.5 Å². The van der Waals surface area contributed by atoms with Crippen LogP contribution in [0.4, 0.5) is 4.79 Å². The molecule has 0 aliphatic heterocycles. The molecule has 0 spiro atoms. The number of carbonyl (C=O) groups is 1. The number of ether oxygens (including phenoxy) is 1. The third-order valence-electron chi connectivity index (χ3n) is 3.36. The van der Waals surface area contributed by atoms with Gasteiger partial charge in [-0.15, -0.1) is 12.4 Å². The first-order chi connectivity index (χ1) is 10.3. The highest BCUT2D eigenvalue weighted by Crippen LogP contribution is 2.06. The van der Waals surface area contributed by atoms with Crippen LogP contribution in [-0.2, 0) is 11.3 Å². The Morgan fingerprint density at radius 2 is 1.55 bits per heavy atom. The molecule has 1 aromatic rings. The van der Waals surface area contributed by atoms with E-state index < -0.39 is 0 Å². The number of carbonyl (C=O) groups excluding carboxylic acids is 1. The quantitative estimate of drug-likeness (QED) is 0.603. The first-order valence-corrected chi connectivity index (χ1v) is 7.97. The number of unbranched alkanes of at least 4 members (excludes halogenated alkanes) is 6. The molecule has 4 nitrogen and oxygen atoms in total. The van der Waals surface area contributed by atoms with Gasteiger partial charge in [-0.05, 0) is 24.9 Å². The summed E-state index contributed by atoms with van der Waals surface area (Å²) in [6, 6.07) is 9.70. The number of hydrogen-bond donors (Lipinski definition) is 2. The summed E-state index contributed by atoms with van der Waals surface area (Å²) >= 11 is 0. The van der Waals surface area contributed by atoms with E-state index in [1.165, 1.54) is 25.7 Å². The van der Waals surface area contributed by atoms with Crippen LogP contribution in [0.25, 0.3) is 0 Å². The van der Waals surface area contributed by atoms with Crippen LogP contribution in [0.15, 0.2) is 30.3 Å². The van der Waals surface area contributed by atoms with Gasteiger partial charge >= 0.3 is 6.09 Å². The van der Waals surface area contributed by atoms with Crippen molar-refractivity contribution in [1.82, 2.24) is 5.32 Å². The number of alkyl carbamates (subject to hydrolysis) is 1. The smallest absolute Gasteiger partial charge is 0.407 e. The maximum atomic E-state index is 11.5. The molecule has 22 heavy (non-hydrogen) atoms. The number of rotatable bonds is 11. The zero-order valence-electron chi connectivity index (χ0n) is 13.3. The first kappa shape index (κ1) is 20.7. The molecule has 3 N–H and O–H groups in total. The van der Waals surface area contributed by atoms with E-state index in [1.54, 1.807) is 0 Å². The number of amides is 1. The van der Waals surface area contributed by atoms with E-state index in [1.807, 2.05) is 30.3 Å². The van der Waals surface area contributed by atoms with Crippen LogP contribution in [-0.4, -0.2) is 19.2 Å². The third-order valence-corrected chi connectivity index (χ3v) is 3.36. The van der Waals surface area contributed by atoms with Crippen molar-refractivity contribution < 1.29 is 9.53 Å². The second-order valence-corrected chi connectivity index (χ2v) is 5.25. The molecule has 0 unspecified atom stereocenters. The van der Waals surface area contributed by atoms with Gasteiger partial charge < -0.3 is 15.8 Å². The van der Waals surface area contributed by atoms with Crippen molar-refractivity contribution in [2.24, 2.45) is 5.73 Å². The molecule has 0 radical (unpaired) electrons. The van der Waals surface area contributed by atoms with Gasteiger partial charge in [-0.1, -0.05) is 62.4 Å². The van der Waals surface area contributed by atoms with Crippen molar-refractivity contribution in [3.8, 4) is 0 Å². The Kier molecular flexibility index (Phi) is 13.8. The summed E-state index contributed by atoms with van der Waals surface area (Å²) in [4.78, 5) is 11.5. The number of hydrogen-bond acceptors (Lipinski definition) is 3. The topological polar surface area (TPSA) is 64.3 Å². The number of nitrogens with two attached hydrogens (primary N) is 1. The van der Waals surface area contributed by atoms with Gasteiger partial charge in [-0.25, -0.2) is 4.79 Å². The summed E-state index contributed by atoms with van der Waals surface area (Å²) in [6.07, 6.45) is 7.96. The molecule has 0 aliphatic carbocycles. The normalized spacial score (nSPS) is 9.86. The fourth-order valence-electron chi connectivity index (χ4n) is 2.12. The van der Waals surface area contributed by atoms with Crippen molar-refractivity contribution in [2.45, 2.75) is 51.6 Å². The largest absolute Gasteiger partial charge is 0.445 e. The lowest BCUT2D eigenvalue weighted by molar-refractivity contribution is 0.139. The summed E-state index contributed by atoms with van der Waals surface area (Å²) in [6.45, 7) is 1.82. The Hall–Kier alpha value is -1.26. The Morgan fingerprint density at radius 1 is 0.955 bits per heavy atom. The molecule has 0 saturated carbocycles. The molecule has 1 amide bonds. The highest BCUT2D eigenvalue weighted by atomic mass is 35.5.